The maximum absolute atomic E-state index is 11.0. The molecule has 0 amide bonds. The number of hydrogen-bond donors (Lipinski definition) is 1. The second-order valence-corrected chi connectivity index (χ2v) is 5.24. The SMILES string of the molecule is CCOC(=O)COc1ccc(NS(C)(=O)=O)cc1. The summed E-state index contributed by atoms with van der Waals surface area (Å²) in [7, 11) is -3.29. The lowest BCUT2D eigenvalue weighted by Crippen LogP contribution is -2.14. The predicted molar refractivity (Wildman–Crippen MR) is 67.0 cm³/mol. The normalized spacial score (nSPS) is 10.8. The van der Waals surface area contributed by atoms with E-state index in [4.69, 9.17) is 9.47 Å². The molecule has 18 heavy (non-hydrogen) atoms. The minimum absolute atomic E-state index is 0.174. The van der Waals surface area contributed by atoms with Crippen LogP contribution in [0.25, 0.3) is 0 Å². The van der Waals surface area contributed by atoms with Gasteiger partial charge in [-0.3, -0.25) is 4.72 Å². The lowest BCUT2D eigenvalue weighted by molar-refractivity contribution is -0.145. The molecule has 0 aliphatic heterocycles. The highest BCUT2D eigenvalue weighted by molar-refractivity contribution is 7.92. The summed E-state index contributed by atoms with van der Waals surface area (Å²) < 4.78 is 34.1. The van der Waals surface area contributed by atoms with Gasteiger partial charge in [0.1, 0.15) is 5.75 Å². The van der Waals surface area contributed by atoms with Crippen LogP contribution in [0, 0.1) is 0 Å². The number of carbonyl (C=O) groups is 1. The molecule has 1 aromatic carbocycles. The van der Waals surface area contributed by atoms with Gasteiger partial charge in [0.25, 0.3) is 0 Å². The molecule has 0 heterocycles. The lowest BCUT2D eigenvalue weighted by atomic mass is 10.3. The van der Waals surface area contributed by atoms with Crippen molar-refractivity contribution in [3.8, 4) is 5.75 Å². The Kier molecular flexibility index (Phi) is 4.96. The van der Waals surface area contributed by atoms with Gasteiger partial charge in [0.05, 0.1) is 12.9 Å². The van der Waals surface area contributed by atoms with E-state index < -0.39 is 16.0 Å². The van der Waals surface area contributed by atoms with Crippen LogP contribution in [0.5, 0.6) is 5.75 Å². The molecule has 0 bridgehead atoms. The van der Waals surface area contributed by atoms with Gasteiger partial charge < -0.3 is 9.47 Å². The second-order valence-electron chi connectivity index (χ2n) is 3.49. The average molecular weight is 273 g/mol. The van der Waals surface area contributed by atoms with Crippen LogP contribution in [-0.2, 0) is 19.6 Å². The number of rotatable bonds is 6. The molecule has 100 valence electrons. The zero-order valence-electron chi connectivity index (χ0n) is 10.2. The number of carbonyl (C=O) groups excluding carboxylic acids is 1. The van der Waals surface area contributed by atoms with Crippen LogP contribution in [0.15, 0.2) is 24.3 Å². The standard InChI is InChI=1S/C11H15NO5S/c1-3-16-11(13)8-17-10-6-4-9(5-7-10)12-18(2,14)15/h4-7,12H,3,8H2,1-2H3. The van der Waals surface area contributed by atoms with E-state index >= 15 is 0 Å². The van der Waals surface area contributed by atoms with E-state index in [2.05, 4.69) is 4.72 Å². The molecule has 1 N–H and O–H groups in total. The zero-order chi connectivity index (χ0) is 13.6. The van der Waals surface area contributed by atoms with E-state index in [1.165, 1.54) is 0 Å². The van der Waals surface area contributed by atoms with Crippen LogP contribution in [0.1, 0.15) is 6.92 Å². The Bertz CT molecular complexity index is 495. The first kappa shape index (κ1) is 14.3. The monoisotopic (exact) mass is 273 g/mol. The molecule has 0 unspecified atom stereocenters. The number of anilines is 1. The molecule has 6 nitrogen and oxygen atoms in total. The van der Waals surface area contributed by atoms with Gasteiger partial charge in [0.2, 0.25) is 10.0 Å². The minimum atomic E-state index is -3.29. The van der Waals surface area contributed by atoms with Gasteiger partial charge in [0.15, 0.2) is 6.61 Å². The molecule has 7 heteroatoms. The third kappa shape index (κ3) is 5.53. The van der Waals surface area contributed by atoms with E-state index in [0.717, 1.165) is 6.26 Å². The summed E-state index contributed by atoms with van der Waals surface area (Å²) >= 11 is 0. The van der Waals surface area contributed by atoms with E-state index in [0.29, 0.717) is 18.0 Å². The highest BCUT2D eigenvalue weighted by Gasteiger charge is 2.04. The van der Waals surface area contributed by atoms with Crippen molar-refractivity contribution in [3.05, 3.63) is 24.3 Å². The summed E-state index contributed by atoms with van der Waals surface area (Å²) in [4.78, 5) is 11.0. The number of hydrogen-bond acceptors (Lipinski definition) is 5. The van der Waals surface area contributed by atoms with Gasteiger partial charge in [0, 0.05) is 5.69 Å². The molecule has 0 spiro atoms. The highest BCUT2D eigenvalue weighted by atomic mass is 32.2. The van der Waals surface area contributed by atoms with Crippen molar-refractivity contribution < 1.29 is 22.7 Å². The van der Waals surface area contributed by atoms with Crippen LogP contribution in [0.2, 0.25) is 0 Å². The molecule has 0 aromatic heterocycles. The topological polar surface area (TPSA) is 81.7 Å². The summed E-state index contributed by atoms with van der Waals surface area (Å²) in [6, 6.07) is 6.21. The molecule has 0 fully saturated rings. The molecule has 0 aliphatic carbocycles. The van der Waals surface area contributed by atoms with Crippen LogP contribution < -0.4 is 9.46 Å². The van der Waals surface area contributed by atoms with Crippen molar-refractivity contribution in [2.75, 3.05) is 24.2 Å². The number of esters is 1. The van der Waals surface area contributed by atoms with Crippen LogP contribution >= 0.6 is 0 Å². The molecule has 0 aliphatic rings. The smallest absolute Gasteiger partial charge is 0.344 e. The Morgan fingerprint density at radius 2 is 1.89 bits per heavy atom. The van der Waals surface area contributed by atoms with E-state index in [-0.39, 0.29) is 6.61 Å². The summed E-state index contributed by atoms with van der Waals surface area (Å²) in [5.41, 5.74) is 0.431. The van der Waals surface area contributed by atoms with E-state index in [1.54, 1.807) is 31.2 Å². The number of ether oxygens (including phenoxy) is 2. The maximum Gasteiger partial charge on any atom is 0.344 e. The Morgan fingerprint density at radius 3 is 2.39 bits per heavy atom. The molecular weight excluding hydrogens is 258 g/mol. The van der Waals surface area contributed by atoms with E-state index in [1.807, 2.05) is 0 Å². The summed E-state index contributed by atoms with van der Waals surface area (Å²) in [6.07, 6.45) is 1.07. The zero-order valence-corrected chi connectivity index (χ0v) is 11.0. The number of benzene rings is 1. The molecule has 0 saturated heterocycles. The Balaban J connectivity index is 2.53. The fourth-order valence-corrected chi connectivity index (χ4v) is 1.74. The highest BCUT2D eigenvalue weighted by Crippen LogP contribution is 2.16. The van der Waals surface area contributed by atoms with Crippen molar-refractivity contribution in [3.63, 3.8) is 0 Å². The maximum atomic E-state index is 11.0. The summed E-state index contributed by atoms with van der Waals surface area (Å²) in [5.74, 6) is 0.0120. The van der Waals surface area contributed by atoms with Gasteiger partial charge >= 0.3 is 5.97 Å². The number of nitrogens with one attached hydrogen (secondary N) is 1. The van der Waals surface area contributed by atoms with Crippen molar-refractivity contribution in [2.24, 2.45) is 0 Å². The van der Waals surface area contributed by atoms with Crippen molar-refractivity contribution in [1.82, 2.24) is 0 Å². The quantitative estimate of drug-likeness (QED) is 0.782. The van der Waals surface area contributed by atoms with Gasteiger partial charge in [-0.25, -0.2) is 13.2 Å². The average Bonchev–Trinajstić information content (AvgIpc) is 2.26. The minimum Gasteiger partial charge on any atom is -0.482 e. The fourth-order valence-electron chi connectivity index (χ4n) is 1.18. The second kappa shape index (κ2) is 6.25. The first-order valence-corrected chi connectivity index (χ1v) is 7.16. The molecule has 0 atom stereocenters. The Morgan fingerprint density at radius 1 is 1.28 bits per heavy atom. The third-order valence-corrected chi connectivity index (χ3v) is 2.43. The van der Waals surface area contributed by atoms with Gasteiger partial charge in [-0.2, -0.15) is 0 Å². The molecule has 0 radical (unpaired) electrons. The largest absolute Gasteiger partial charge is 0.482 e. The van der Waals surface area contributed by atoms with Gasteiger partial charge in [-0.1, -0.05) is 0 Å². The first-order chi connectivity index (χ1) is 8.40. The van der Waals surface area contributed by atoms with Crippen LogP contribution in [0.3, 0.4) is 0 Å². The third-order valence-electron chi connectivity index (χ3n) is 1.82. The molecule has 1 rings (SSSR count). The summed E-state index contributed by atoms with van der Waals surface area (Å²) in [6.45, 7) is 1.84. The van der Waals surface area contributed by atoms with Crippen LogP contribution in [-0.4, -0.2) is 33.9 Å². The van der Waals surface area contributed by atoms with Gasteiger partial charge in [-0.15, -0.1) is 0 Å². The fraction of sp³-hybridized carbons (Fsp3) is 0.364. The van der Waals surface area contributed by atoms with E-state index in [9.17, 15) is 13.2 Å². The Hall–Kier alpha value is -1.76. The molecular formula is C11H15NO5S. The Labute approximate surface area is 106 Å². The number of sulfonamides is 1. The van der Waals surface area contributed by atoms with Crippen LogP contribution in [0.4, 0.5) is 5.69 Å². The molecule has 1 aromatic rings. The van der Waals surface area contributed by atoms with Crippen molar-refractivity contribution in [1.29, 1.82) is 0 Å². The van der Waals surface area contributed by atoms with Crippen molar-refractivity contribution in [2.45, 2.75) is 6.92 Å². The summed E-state index contributed by atoms with van der Waals surface area (Å²) in [5, 5.41) is 0. The lowest BCUT2D eigenvalue weighted by Gasteiger charge is -2.07. The first-order valence-electron chi connectivity index (χ1n) is 5.27. The van der Waals surface area contributed by atoms with Gasteiger partial charge in [-0.05, 0) is 31.2 Å². The van der Waals surface area contributed by atoms with Crippen molar-refractivity contribution >= 4 is 21.7 Å². The predicted octanol–water partition coefficient (Wildman–Crippen LogP) is 1.00. The molecule has 0 saturated carbocycles.